The molecule has 5 heteroatoms. The number of nitrogens with zero attached hydrogens (tertiary/aromatic N) is 2. The molecule has 1 aromatic heterocycles. The Bertz CT molecular complexity index is 754. The molecule has 3 aromatic rings. The maximum Gasteiger partial charge on any atom is 0.225 e. The highest BCUT2D eigenvalue weighted by molar-refractivity contribution is 7.00. The number of carbonyl (C=O) groups is 1. The standard InChI is InChI=1S/C16H15N3OS/c1-11(12-6-3-2-4-7-12)10-15(20)17-13-8-5-9-14-16(13)19-21-18-14/h2-9,11H,10H2,1H3,(H,17,20). The molecule has 1 unspecified atom stereocenters. The molecule has 1 atom stereocenters. The van der Waals surface area contributed by atoms with E-state index in [-0.39, 0.29) is 11.8 Å². The monoisotopic (exact) mass is 297 g/mol. The number of nitrogens with one attached hydrogen (secondary N) is 1. The first kappa shape index (κ1) is 13.7. The minimum absolute atomic E-state index is 0.00754. The Morgan fingerprint density at radius 2 is 1.95 bits per heavy atom. The third kappa shape index (κ3) is 3.08. The first-order valence-corrected chi connectivity index (χ1v) is 7.53. The second-order valence-electron chi connectivity index (χ2n) is 5.00. The summed E-state index contributed by atoms with van der Waals surface area (Å²) in [5.41, 5.74) is 3.46. The summed E-state index contributed by atoms with van der Waals surface area (Å²) < 4.78 is 8.40. The largest absolute Gasteiger partial charge is 0.324 e. The average molecular weight is 297 g/mol. The van der Waals surface area contributed by atoms with Crippen LogP contribution in [0.5, 0.6) is 0 Å². The van der Waals surface area contributed by atoms with E-state index in [1.54, 1.807) is 0 Å². The molecule has 3 rings (SSSR count). The number of fused-ring (bicyclic) bond motifs is 1. The number of aromatic nitrogens is 2. The van der Waals surface area contributed by atoms with E-state index in [0.29, 0.717) is 6.42 Å². The van der Waals surface area contributed by atoms with Crippen molar-refractivity contribution in [1.82, 2.24) is 8.75 Å². The van der Waals surface area contributed by atoms with Crippen LogP contribution in [0.1, 0.15) is 24.8 Å². The van der Waals surface area contributed by atoms with E-state index >= 15 is 0 Å². The molecule has 0 saturated carbocycles. The Kier molecular flexibility index (Phi) is 3.92. The molecule has 0 radical (unpaired) electrons. The Labute approximate surface area is 127 Å². The van der Waals surface area contributed by atoms with E-state index in [0.717, 1.165) is 28.4 Å². The molecule has 0 spiro atoms. The third-order valence-electron chi connectivity index (χ3n) is 3.42. The highest BCUT2D eigenvalue weighted by Gasteiger charge is 2.13. The van der Waals surface area contributed by atoms with Crippen molar-refractivity contribution in [2.75, 3.05) is 5.32 Å². The van der Waals surface area contributed by atoms with Gasteiger partial charge in [-0.25, -0.2) is 0 Å². The molecule has 0 bridgehead atoms. The van der Waals surface area contributed by atoms with Crippen LogP contribution in [0.4, 0.5) is 5.69 Å². The lowest BCUT2D eigenvalue weighted by atomic mass is 9.97. The summed E-state index contributed by atoms with van der Waals surface area (Å²) in [5.74, 6) is 0.172. The van der Waals surface area contributed by atoms with E-state index in [9.17, 15) is 4.79 Å². The van der Waals surface area contributed by atoms with Crippen molar-refractivity contribution in [2.45, 2.75) is 19.3 Å². The van der Waals surface area contributed by atoms with Crippen molar-refractivity contribution in [3.05, 3.63) is 54.1 Å². The highest BCUT2D eigenvalue weighted by Crippen LogP contribution is 2.23. The smallest absolute Gasteiger partial charge is 0.225 e. The zero-order valence-corrected chi connectivity index (χ0v) is 12.4. The number of anilines is 1. The van der Waals surface area contributed by atoms with Gasteiger partial charge in [0.05, 0.1) is 17.4 Å². The molecule has 106 valence electrons. The van der Waals surface area contributed by atoms with Gasteiger partial charge in [-0.3, -0.25) is 4.79 Å². The van der Waals surface area contributed by atoms with Crippen molar-refractivity contribution in [1.29, 1.82) is 0 Å². The molecule has 0 saturated heterocycles. The fourth-order valence-electron chi connectivity index (χ4n) is 2.29. The lowest BCUT2D eigenvalue weighted by Gasteiger charge is -2.12. The van der Waals surface area contributed by atoms with Gasteiger partial charge in [-0.05, 0) is 23.6 Å². The minimum Gasteiger partial charge on any atom is -0.324 e. The topological polar surface area (TPSA) is 54.9 Å². The SMILES string of the molecule is CC(CC(=O)Nc1cccc2nsnc12)c1ccccc1. The number of hydrogen-bond donors (Lipinski definition) is 1. The van der Waals surface area contributed by atoms with Crippen LogP contribution in [-0.4, -0.2) is 14.7 Å². The molecule has 0 aliphatic heterocycles. The molecule has 1 amide bonds. The van der Waals surface area contributed by atoms with Crippen LogP contribution in [0.15, 0.2) is 48.5 Å². The quantitative estimate of drug-likeness (QED) is 0.796. The predicted molar refractivity (Wildman–Crippen MR) is 85.5 cm³/mol. The van der Waals surface area contributed by atoms with Crippen LogP contribution in [0.2, 0.25) is 0 Å². The van der Waals surface area contributed by atoms with E-state index < -0.39 is 0 Å². The van der Waals surface area contributed by atoms with Gasteiger partial charge < -0.3 is 5.32 Å². The van der Waals surface area contributed by atoms with Crippen molar-refractivity contribution < 1.29 is 4.79 Å². The van der Waals surface area contributed by atoms with Crippen molar-refractivity contribution in [2.24, 2.45) is 0 Å². The molecule has 21 heavy (non-hydrogen) atoms. The van der Waals surface area contributed by atoms with Gasteiger partial charge in [0, 0.05) is 6.42 Å². The maximum absolute atomic E-state index is 12.2. The summed E-state index contributed by atoms with van der Waals surface area (Å²) in [6.45, 7) is 2.06. The second kappa shape index (κ2) is 6.01. The van der Waals surface area contributed by atoms with Gasteiger partial charge in [-0.2, -0.15) is 8.75 Å². The van der Waals surface area contributed by atoms with Crippen LogP contribution in [0, 0.1) is 0 Å². The van der Waals surface area contributed by atoms with Gasteiger partial charge in [0.1, 0.15) is 11.0 Å². The molecular weight excluding hydrogens is 282 g/mol. The molecule has 2 aromatic carbocycles. The van der Waals surface area contributed by atoms with E-state index in [2.05, 4.69) is 21.0 Å². The van der Waals surface area contributed by atoms with Gasteiger partial charge in [-0.15, -0.1) is 0 Å². The third-order valence-corrected chi connectivity index (χ3v) is 3.96. The molecule has 0 fully saturated rings. The summed E-state index contributed by atoms with van der Waals surface area (Å²) in [7, 11) is 0. The predicted octanol–water partition coefficient (Wildman–Crippen LogP) is 3.82. The first-order valence-electron chi connectivity index (χ1n) is 6.80. The fraction of sp³-hybridized carbons (Fsp3) is 0.188. The van der Waals surface area contributed by atoms with Crippen LogP contribution in [0.3, 0.4) is 0 Å². The summed E-state index contributed by atoms with van der Waals surface area (Å²) in [6.07, 6.45) is 0.442. The van der Waals surface area contributed by atoms with E-state index in [1.165, 1.54) is 5.56 Å². The second-order valence-corrected chi connectivity index (χ2v) is 5.53. The summed E-state index contributed by atoms with van der Waals surface area (Å²) in [6, 6.07) is 15.7. The Hall–Kier alpha value is -2.27. The number of benzene rings is 2. The Morgan fingerprint density at radius 3 is 2.76 bits per heavy atom. The van der Waals surface area contributed by atoms with Crippen LogP contribution in [0.25, 0.3) is 11.0 Å². The summed E-state index contributed by atoms with van der Waals surface area (Å²) in [4.78, 5) is 12.2. The zero-order valence-electron chi connectivity index (χ0n) is 11.6. The lowest BCUT2D eigenvalue weighted by molar-refractivity contribution is -0.116. The van der Waals surface area contributed by atoms with Gasteiger partial charge in [0.15, 0.2) is 0 Å². The van der Waals surface area contributed by atoms with E-state index in [4.69, 9.17) is 0 Å². The van der Waals surface area contributed by atoms with Crippen LogP contribution in [-0.2, 0) is 4.79 Å². The van der Waals surface area contributed by atoms with E-state index in [1.807, 2.05) is 48.5 Å². The van der Waals surface area contributed by atoms with Crippen molar-refractivity contribution in [3.63, 3.8) is 0 Å². The van der Waals surface area contributed by atoms with Gasteiger partial charge in [-0.1, -0.05) is 43.3 Å². The zero-order chi connectivity index (χ0) is 14.7. The number of rotatable bonds is 4. The molecule has 1 N–H and O–H groups in total. The highest BCUT2D eigenvalue weighted by atomic mass is 32.1. The molecule has 0 aliphatic carbocycles. The maximum atomic E-state index is 12.2. The van der Waals surface area contributed by atoms with Gasteiger partial charge in [0.25, 0.3) is 0 Å². The lowest BCUT2D eigenvalue weighted by Crippen LogP contribution is -2.14. The van der Waals surface area contributed by atoms with Crippen molar-refractivity contribution in [3.8, 4) is 0 Å². The molecular formula is C16H15N3OS. The van der Waals surface area contributed by atoms with Crippen molar-refractivity contribution >= 4 is 34.4 Å². The van der Waals surface area contributed by atoms with Gasteiger partial charge >= 0.3 is 0 Å². The average Bonchev–Trinajstić information content (AvgIpc) is 2.97. The van der Waals surface area contributed by atoms with Crippen LogP contribution >= 0.6 is 11.7 Å². The molecule has 4 nitrogen and oxygen atoms in total. The number of carbonyl (C=O) groups excluding carboxylic acids is 1. The molecule has 1 heterocycles. The molecule has 0 aliphatic rings. The summed E-state index contributed by atoms with van der Waals surface area (Å²) >= 11 is 1.15. The summed E-state index contributed by atoms with van der Waals surface area (Å²) in [5, 5.41) is 2.94. The normalized spacial score (nSPS) is 12.2. The van der Waals surface area contributed by atoms with Crippen LogP contribution < -0.4 is 5.32 Å². The minimum atomic E-state index is -0.00754. The first-order chi connectivity index (χ1) is 10.2. The number of hydrogen-bond acceptors (Lipinski definition) is 4. The Balaban J connectivity index is 1.71. The fourth-order valence-corrected chi connectivity index (χ4v) is 2.84. The van der Waals surface area contributed by atoms with Gasteiger partial charge in [0.2, 0.25) is 5.91 Å². The number of amides is 1. The Morgan fingerprint density at radius 1 is 1.14 bits per heavy atom.